The van der Waals surface area contributed by atoms with E-state index < -0.39 is 11.5 Å². The van der Waals surface area contributed by atoms with Crippen molar-refractivity contribution in [3.05, 3.63) is 33.8 Å². The number of hydrogen-bond donors (Lipinski definition) is 1. The maximum atomic E-state index is 12.4. The van der Waals surface area contributed by atoms with Crippen LogP contribution >= 0.6 is 23.2 Å². The van der Waals surface area contributed by atoms with Gasteiger partial charge in [0.05, 0.1) is 13.5 Å². The smallest absolute Gasteiger partial charge is 0.331 e. The molecule has 0 spiro atoms. The molecule has 0 saturated carbocycles. The minimum Gasteiger partial charge on any atom is -0.467 e. The topological polar surface area (TPSA) is 58.6 Å². The number of amides is 1. The third-order valence-corrected chi connectivity index (χ3v) is 4.90. The number of methoxy groups -OCH3 is 1. The van der Waals surface area contributed by atoms with Crippen LogP contribution in [-0.2, 0) is 20.7 Å². The second-order valence-corrected chi connectivity index (χ2v) is 6.62. The first-order valence-corrected chi connectivity index (χ1v) is 8.14. The van der Waals surface area contributed by atoms with Gasteiger partial charge in [0, 0.05) is 23.1 Å². The van der Waals surface area contributed by atoms with Crippen LogP contribution in [0.4, 0.5) is 0 Å². The summed E-state index contributed by atoms with van der Waals surface area (Å²) < 4.78 is 4.90. The number of nitrogens with one attached hydrogen (secondary N) is 1. The van der Waals surface area contributed by atoms with Crippen molar-refractivity contribution in [1.82, 2.24) is 10.2 Å². The third-order valence-electron chi connectivity index (χ3n) is 4.19. The van der Waals surface area contributed by atoms with E-state index in [1.807, 2.05) is 7.05 Å². The lowest BCUT2D eigenvalue weighted by atomic mass is 9.87. The van der Waals surface area contributed by atoms with Gasteiger partial charge < -0.3 is 15.0 Å². The molecule has 1 aliphatic rings. The molecule has 0 bridgehead atoms. The first-order valence-electron chi connectivity index (χ1n) is 7.39. The Morgan fingerprint density at radius 1 is 1.26 bits per heavy atom. The minimum absolute atomic E-state index is 0.0209. The number of hydrogen-bond acceptors (Lipinski definition) is 4. The van der Waals surface area contributed by atoms with E-state index in [-0.39, 0.29) is 12.3 Å². The molecule has 1 heterocycles. The van der Waals surface area contributed by atoms with E-state index in [4.69, 9.17) is 27.9 Å². The summed E-state index contributed by atoms with van der Waals surface area (Å²) in [5.74, 6) is -0.709. The van der Waals surface area contributed by atoms with Crippen LogP contribution in [0.2, 0.25) is 10.0 Å². The van der Waals surface area contributed by atoms with Gasteiger partial charge in [-0.05, 0) is 37.6 Å². The van der Waals surface area contributed by atoms with E-state index in [1.54, 1.807) is 18.2 Å². The summed E-state index contributed by atoms with van der Waals surface area (Å²) in [6.45, 7) is 1.42. The monoisotopic (exact) mass is 358 g/mol. The van der Waals surface area contributed by atoms with E-state index in [0.29, 0.717) is 41.5 Å². The average molecular weight is 359 g/mol. The van der Waals surface area contributed by atoms with Crippen LogP contribution in [0.3, 0.4) is 0 Å². The van der Waals surface area contributed by atoms with Gasteiger partial charge in [-0.15, -0.1) is 0 Å². The first-order chi connectivity index (χ1) is 10.9. The Labute approximate surface area is 145 Å². The van der Waals surface area contributed by atoms with Gasteiger partial charge in [0.2, 0.25) is 5.91 Å². The van der Waals surface area contributed by atoms with Gasteiger partial charge in [0.1, 0.15) is 5.54 Å². The Bertz CT molecular complexity index is 579. The zero-order valence-electron chi connectivity index (χ0n) is 13.2. The van der Waals surface area contributed by atoms with Crippen molar-refractivity contribution >= 4 is 35.1 Å². The summed E-state index contributed by atoms with van der Waals surface area (Å²) >= 11 is 12.2. The second-order valence-electron chi connectivity index (χ2n) is 5.80. The van der Waals surface area contributed by atoms with Crippen molar-refractivity contribution in [2.45, 2.75) is 24.8 Å². The van der Waals surface area contributed by atoms with Crippen LogP contribution in [0, 0.1) is 0 Å². The number of benzene rings is 1. The van der Waals surface area contributed by atoms with Gasteiger partial charge in [0.25, 0.3) is 0 Å². The standard InChI is InChI=1S/C16H20Cl2N2O3/c1-20-8-6-16(7-9-20,15(22)23-2)19-14(21)10-11-12(17)4-3-5-13(11)18/h3-5H,6-10H2,1-2H3,(H,19,21). The highest BCUT2D eigenvalue weighted by atomic mass is 35.5. The van der Waals surface area contributed by atoms with Crippen LogP contribution in [0.1, 0.15) is 18.4 Å². The molecule has 5 nitrogen and oxygen atoms in total. The minimum atomic E-state index is -0.980. The molecular formula is C16H20Cl2N2O3. The van der Waals surface area contributed by atoms with Gasteiger partial charge in [-0.25, -0.2) is 4.79 Å². The van der Waals surface area contributed by atoms with Crippen molar-refractivity contribution in [1.29, 1.82) is 0 Å². The molecule has 7 heteroatoms. The summed E-state index contributed by atoms with van der Waals surface area (Å²) in [5.41, 5.74) is -0.423. The summed E-state index contributed by atoms with van der Waals surface area (Å²) in [7, 11) is 3.31. The maximum absolute atomic E-state index is 12.4. The Balaban J connectivity index is 2.14. The highest BCUT2D eigenvalue weighted by Crippen LogP contribution is 2.26. The zero-order valence-corrected chi connectivity index (χ0v) is 14.7. The molecule has 0 atom stereocenters. The number of esters is 1. The number of rotatable bonds is 4. The lowest BCUT2D eigenvalue weighted by Gasteiger charge is -2.38. The van der Waals surface area contributed by atoms with Crippen LogP contribution < -0.4 is 5.32 Å². The van der Waals surface area contributed by atoms with Crippen LogP contribution in [0.25, 0.3) is 0 Å². The summed E-state index contributed by atoms with van der Waals surface area (Å²) in [4.78, 5) is 26.8. The summed E-state index contributed by atoms with van der Waals surface area (Å²) in [5, 5.41) is 3.72. The van der Waals surface area contributed by atoms with Crippen molar-refractivity contribution in [2.75, 3.05) is 27.2 Å². The molecule has 1 aliphatic heterocycles. The van der Waals surface area contributed by atoms with Crippen molar-refractivity contribution in [3.8, 4) is 0 Å². The number of piperidine rings is 1. The average Bonchev–Trinajstić information content (AvgIpc) is 2.52. The Morgan fingerprint density at radius 2 is 1.83 bits per heavy atom. The molecule has 0 radical (unpaired) electrons. The highest BCUT2D eigenvalue weighted by Gasteiger charge is 2.43. The molecule has 0 aliphatic carbocycles. The highest BCUT2D eigenvalue weighted by molar-refractivity contribution is 6.36. The molecule has 126 valence electrons. The number of carbonyl (C=O) groups excluding carboxylic acids is 2. The molecular weight excluding hydrogens is 339 g/mol. The number of carbonyl (C=O) groups is 2. The first kappa shape index (κ1) is 18.0. The molecule has 1 aromatic rings. The van der Waals surface area contributed by atoms with E-state index >= 15 is 0 Å². The fourth-order valence-electron chi connectivity index (χ4n) is 2.75. The van der Waals surface area contributed by atoms with E-state index in [0.717, 1.165) is 0 Å². The second kappa shape index (κ2) is 7.51. The van der Waals surface area contributed by atoms with Crippen LogP contribution in [0.5, 0.6) is 0 Å². The van der Waals surface area contributed by atoms with Crippen molar-refractivity contribution in [2.24, 2.45) is 0 Å². The van der Waals surface area contributed by atoms with E-state index in [2.05, 4.69) is 10.2 Å². The predicted molar refractivity (Wildman–Crippen MR) is 89.8 cm³/mol. The quantitative estimate of drug-likeness (QED) is 0.839. The van der Waals surface area contributed by atoms with Gasteiger partial charge in [0.15, 0.2) is 0 Å². The van der Waals surface area contributed by atoms with Gasteiger partial charge in [-0.3, -0.25) is 4.79 Å². The van der Waals surface area contributed by atoms with Gasteiger partial charge in [-0.2, -0.15) is 0 Å². The number of halogens is 2. The normalized spacial score (nSPS) is 17.6. The molecule has 0 aromatic heterocycles. The Morgan fingerprint density at radius 3 is 2.35 bits per heavy atom. The van der Waals surface area contributed by atoms with Crippen LogP contribution in [0.15, 0.2) is 18.2 Å². The van der Waals surface area contributed by atoms with Crippen molar-refractivity contribution < 1.29 is 14.3 Å². The molecule has 0 unspecified atom stereocenters. The molecule has 1 amide bonds. The SMILES string of the molecule is COC(=O)C1(NC(=O)Cc2c(Cl)cccc2Cl)CCN(C)CC1. The third kappa shape index (κ3) is 4.16. The van der Waals surface area contributed by atoms with E-state index in [9.17, 15) is 9.59 Å². The maximum Gasteiger partial charge on any atom is 0.331 e. The lowest BCUT2D eigenvalue weighted by Crippen LogP contribution is -2.60. The fourth-order valence-corrected chi connectivity index (χ4v) is 3.28. The largest absolute Gasteiger partial charge is 0.467 e. The molecule has 1 N–H and O–H groups in total. The number of nitrogens with zero attached hydrogens (tertiary/aromatic N) is 1. The van der Waals surface area contributed by atoms with Gasteiger partial charge in [-0.1, -0.05) is 29.3 Å². The molecule has 1 fully saturated rings. The molecule has 1 saturated heterocycles. The summed E-state index contributed by atoms with van der Waals surface area (Å²) in [6, 6.07) is 5.09. The van der Waals surface area contributed by atoms with Gasteiger partial charge >= 0.3 is 5.97 Å². The lowest BCUT2D eigenvalue weighted by molar-refractivity contribution is -0.153. The molecule has 1 aromatic carbocycles. The van der Waals surface area contributed by atoms with Crippen LogP contribution in [-0.4, -0.2) is 49.6 Å². The Kier molecular flexibility index (Phi) is 5.89. The molecule has 2 rings (SSSR count). The predicted octanol–water partition coefficient (Wildman–Crippen LogP) is 2.29. The number of ether oxygens (including phenoxy) is 1. The molecule has 23 heavy (non-hydrogen) atoms. The number of likely N-dealkylation sites (tertiary alicyclic amines) is 1. The van der Waals surface area contributed by atoms with Crippen molar-refractivity contribution in [3.63, 3.8) is 0 Å². The fraction of sp³-hybridized carbons (Fsp3) is 0.500. The Hall–Kier alpha value is -1.30. The zero-order chi connectivity index (χ0) is 17.0. The van der Waals surface area contributed by atoms with E-state index in [1.165, 1.54) is 7.11 Å². The summed E-state index contributed by atoms with van der Waals surface area (Å²) in [6.07, 6.45) is 1.05.